The van der Waals surface area contributed by atoms with Crippen LogP contribution in [0.1, 0.15) is 19.2 Å². The number of phenols is 1. The summed E-state index contributed by atoms with van der Waals surface area (Å²) in [5.74, 6) is 1.29. The number of aromatic hydroxyl groups is 1. The van der Waals surface area contributed by atoms with E-state index in [0.29, 0.717) is 0 Å². The topological polar surface area (TPSA) is 50.1 Å². The van der Waals surface area contributed by atoms with E-state index >= 15 is 0 Å². The van der Waals surface area contributed by atoms with Crippen LogP contribution in [0.25, 0.3) is 17.3 Å². The molecule has 0 saturated heterocycles. The fourth-order valence-corrected chi connectivity index (χ4v) is 4.50. The van der Waals surface area contributed by atoms with Gasteiger partial charge in [0.25, 0.3) is 0 Å². The van der Waals surface area contributed by atoms with Gasteiger partial charge in [-0.1, -0.05) is 19.1 Å². The van der Waals surface area contributed by atoms with Gasteiger partial charge in [0, 0.05) is 33.1 Å². The second-order valence-electron chi connectivity index (χ2n) is 4.53. The fourth-order valence-electron chi connectivity index (χ4n) is 2.00. The number of nitrogens with zero attached hydrogens (tertiary/aromatic N) is 2. The van der Waals surface area contributed by atoms with E-state index in [-0.39, 0.29) is 26.8 Å². The van der Waals surface area contributed by atoms with Crippen molar-refractivity contribution in [1.29, 1.82) is 0 Å². The average Bonchev–Trinajstić information content (AvgIpc) is 2.88. The van der Waals surface area contributed by atoms with Crippen molar-refractivity contribution in [3.8, 4) is 17.0 Å². The second-order valence-corrected chi connectivity index (χ2v) is 7.13. The number of benzene rings is 1. The predicted octanol–water partition coefficient (Wildman–Crippen LogP) is 3.15. The number of hydrogen-bond acceptors (Lipinski definition) is 3. The number of phenolic OH excluding ortho intramolecular Hbond substituents is 1. The van der Waals surface area contributed by atoms with Gasteiger partial charge in [-0.05, 0) is 30.7 Å². The van der Waals surface area contributed by atoms with Gasteiger partial charge in [0.2, 0.25) is 0 Å². The van der Waals surface area contributed by atoms with Crippen LogP contribution in [-0.2, 0) is 0 Å². The summed E-state index contributed by atoms with van der Waals surface area (Å²) in [7, 11) is 0. The van der Waals surface area contributed by atoms with Gasteiger partial charge in [-0.2, -0.15) is 0 Å². The Labute approximate surface area is 128 Å². The van der Waals surface area contributed by atoms with Crippen molar-refractivity contribution in [3.05, 3.63) is 42.4 Å². The number of rotatable bonds is 4. The summed E-state index contributed by atoms with van der Waals surface area (Å²) in [5.41, 5.74) is 2.08. The molecule has 0 unspecified atom stereocenters. The second kappa shape index (κ2) is 5.88. The van der Waals surface area contributed by atoms with Crippen molar-refractivity contribution in [3.63, 3.8) is 0 Å². The first kappa shape index (κ1) is 13.5. The molecule has 0 saturated carbocycles. The molecule has 0 atom stereocenters. The Morgan fingerprint density at radius 3 is 3.05 bits per heavy atom. The molecule has 1 aromatic carbocycles. The summed E-state index contributed by atoms with van der Waals surface area (Å²) in [6.45, 7) is 3.17. The van der Waals surface area contributed by atoms with Crippen LogP contribution in [0, 0.1) is 0 Å². The third-order valence-corrected chi connectivity index (χ3v) is 5.73. The van der Waals surface area contributed by atoms with Gasteiger partial charge in [0.1, 0.15) is 11.6 Å². The van der Waals surface area contributed by atoms with E-state index in [2.05, 4.69) is 26.1 Å². The minimum absolute atomic E-state index is 0.288. The molecule has 5 heteroatoms. The Balaban J connectivity index is 1.99. The van der Waals surface area contributed by atoms with Crippen LogP contribution in [0.3, 0.4) is 0 Å². The maximum atomic E-state index is 9.63. The molecule has 1 aliphatic heterocycles. The molecule has 0 bridgehead atoms. The number of fused-ring (bicyclic) bond motifs is 1. The highest BCUT2D eigenvalue weighted by molar-refractivity contribution is 14.2. The monoisotopic (exact) mass is 381 g/mol. The van der Waals surface area contributed by atoms with Gasteiger partial charge in [-0.15, -0.1) is 0 Å². The molecule has 4 nitrogen and oxygen atoms in total. The standard InChI is InChI=1S/C15H16IN3O/c1-2-8-17-14-6-7-15-18-10-13(19(15)16-14)11-4-3-5-12(20)9-11/h3-7,9-10,17,20H,2,8H2,1H3. The van der Waals surface area contributed by atoms with Crippen molar-refractivity contribution in [2.45, 2.75) is 13.3 Å². The first-order chi connectivity index (χ1) is 9.78. The zero-order chi connectivity index (χ0) is 13.9. The molecule has 2 heterocycles. The molecule has 0 aliphatic carbocycles. The minimum Gasteiger partial charge on any atom is -0.508 e. The van der Waals surface area contributed by atoms with Crippen molar-refractivity contribution in [2.24, 2.45) is 0 Å². The van der Waals surface area contributed by atoms with E-state index < -0.39 is 0 Å². The van der Waals surface area contributed by atoms with Gasteiger partial charge in [-0.25, -0.2) is 4.98 Å². The fraction of sp³-hybridized carbons (Fsp3) is 0.200. The molecule has 1 aromatic heterocycles. The average molecular weight is 381 g/mol. The van der Waals surface area contributed by atoms with Gasteiger partial charge >= 0.3 is 0 Å². The highest BCUT2D eigenvalue weighted by Crippen LogP contribution is 2.30. The predicted molar refractivity (Wildman–Crippen MR) is 91.1 cm³/mol. The molecule has 3 rings (SSSR count). The summed E-state index contributed by atoms with van der Waals surface area (Å²) in [5, 5.41) is 13.1. The first-order valence-corrected chi connectivity index (χ1v) is 8.64. The molecule has 2 aromatic rings. The number of hydrogen-bond donors (Lipinski definition) is 2. The van der Waals surface area contributed by atoms with E-state index in [1.54, 1.807) is 12.1 Å². The Morgan fingerprint density at radius 2 is 2.25 bits per heavy atom. The molecule has 1 aliphatic rings. The van der Waals surface area contributed by atoms with E-state index in [1.165, 1.54) is 3.63 Å². The molecule has 0 amide bonds. The number of imidazole rings is 1. The largest absolute Gasteiger partial charge is 0.508 e. The van der Waals surface area contributed by atoms with Gasteiger partial charge < -0.3 is 5.11 Å². The third-order valence-electron chi connectivity index (χ3n) is 2.97. The lowest BCUT2D eigenvalue weighted by molar-refractivity contribution is 0.475. The molecule has 0 fully saturated rings. The summed E-state index contributed by atoms with van der Waals surface area (Å²) >= 11 is -0.312. The molecule has 0 radical (unpaired) electrons. The SMILES string of the molecule is CCCNC1=In2c(-c3cccc(O)c3)cnc2C=C1. The lowest BCUT2D eigenvalue weighted by Crippen LogP contribution is -2.21. The van der Waals surface area contributed by atoms with Crippen LogP contribution in [0.4, 0.5) is 0 Å². The molecular formula is C15H16IN3O. The maximum absolute atomic E-state index is 9.63. The minimum atomic E-state index is -0.312. The van der Waals surface area contributed by atoms with Crippen LogP contribution >= 0.6 is 21.0 Å². The Hall–Kier alpha value is -1.47. The van der Waals surface area contributed by atoms with Crippen LogP contribution in [-0.4, -0.2) is 23.0 Å². The van der Waals surface area contributed by atoms with E-state index in [0.717, 1.165) is 30.0 Å². The molecule has 104 valence electrons. The molecule has 20 heavy (non-hydrogen) atoms. The van der Waals surface area contributed by atoms with Gasteiger partial charge in [0.05, 0.1) is 15.5 Å². The van der Waals surface area contributed by atoms with Crippen molar-refractivity contribution in [1.82, 2.24) is 13.1 Å². The van der Waals surface area contributed by atoms with E-state index in [1.807, 2.05) is 24.4 Å². The highest BCUT2D eigenvalue weighted by atomic mass is 127. The summed E-state index contributed by atoms with van der Waals surface area (Å²) in [4.78, 5) is 4.46. The highest BCUT2D eigenvalue weighted by Gasteiger charge is 2.13. The quantitative estimate of drug-likeness (QED) is 0.801. The lowest BCUT2D eigenvalue weighted by Gasteiger charge is -2.12. The first-order valence-electron chi connectivity index (χ1n) is 6.59. The summed E-state index contributed by atoms with van der Waals surface area (Å²) in [6.07, 6.45) is 7.19. The van der Waals surface area contributed by atoms with Crippen molar-refractivity contribution >= 4 is 30.7 Å². The number of halogens is 1. The van der Waals surface area contributed by atoms with Crippen LogP contribution in [0.5, 0.6) is 5.75 Å². The van der Waals surface area contributed by atoms with E-state index in [4.69, 9.17) is 0 Å². The molecule has 0 spiro atoms. The van der Waals surface area contributed by atoms with Crippen LogP contribution < -0.4 is 5.32 Å². The number of nitrogens with one attached hydrogen (secondary N) is 1. The Morgan fingerprint density at radius 1 is 1.35 bits per heavy atom. The Bertz CT molecular complexity index is 688. The maximum Gasteiger partial charge on any atom is 0.141 e. The zero-order valence-electron chi connectivity index (χ0n) is 11.2. The zero-order valence-corrected chi connectivity index (χ0v) is 13.3. The number of aromatic nitrogens is 2. The van der Waals surface area contributed by atoms with Gasteiger partial charge in [0.15, 0.2) is 0 Å². The van der Waals surface area contributed by atoms with Crippen molar-refractivity contribution < 1.29 is 5.11 Å². The van der Waals surface area contributed by atoms with Gasteiger partial charge in [-0.3, -0.25) is 8.10 Å². The van der Waals surface area contributed by atoms with E-state index in [9.17, 15) is 5.11 Å². The normalized spacial score (nSPS) is 13.6. The smallest absolute Gasteiger partial charge is 0.141 e. The van der Waals surface area contributed by atoms with Crippen LogP contribution in [0.15, 0.2) is 36.5 Å². The Kier molecular flexibility index (Phi) is 3.98. The molecular weight excluding hydrogens is 365 g/mol. The lowest BCUT2D eigenvalue weighted by atomic mass is 10.2. The van der Waals surface area contributed by atoms with Crippen LogP contribution in [0.2, 0.25) is 0 Å². The summed E-state index contributed by atoms with van der Waals surface area (Å²) < 4.78 is 3.57. The summed E-state index contributed by atoms with van der Waals surface area (Å²) in [6, 6.07) is 7.34. The van der Waals surface area contributed by atoms with Crippen molar-refractivity contribution in [2.75, 3.05) is 6.54 Å². The molecule has 2 N–H and O–H groups in total. The third kappa shape index (κ3) is 2.69.